The van der Waals surface area contributed by atoms with Gasteiger partial charge in [-0.15, -0.1) is 0 Å². The summed E-state index contributed by atoms with van der Waals surface area (Å²) >= 11 is 0. The van der Waals surface area contributed by atoms with Crippen LogP contribution in [0.25, 0.3) is 0 Å². The van der Waals surface area contributed by atoms with E-state index in [2.05, 4.69) is 160 Å². The van der Waals surface area contributed by atoms with E-state index in [9.17, 15) is 14.7 Å². The third-order valence-electron chi connectivity index (χ3n) is 9.85. The molecule has 0 heterocycles. The van der Waals surface area contributed by atoms with Gasteiger partial charge in [0.15, 0.2) is 6.10 Å². The number of aliphatic hydroxyl groups excluding tert-OH is 1. The van der Waals surface area contributed by atoms with Crippen LogP contribution in [0.2, 0.25) is 0 Å². The molecule has 0 bridgehead atoms. The highest BCUT2D eigenvalue weighted by atomic mass is 16.6. The third kappa shape index (κ3) is 50.2. The lowest BCUT2D eigenvalue weighted by Gasteiger charge is -2.15. The van der Waals surface area contributed by atoms with Crippen LogP contribution in [0.1, 0.15) is 181 Å². The van der Waals surface area contributed by atoms with Gasteiger partial charge in [0.2, 0.25) is 0 Å². The average molecular weight is 879 g/mol. The Morgan fingerprint density at radius 3 is 1.02 bits per heavy atom. The number of ether oxygens (including phenoxy) is 2. The highest BCUT2D eigenvalue weighted by Crippen LogP contribution is 2.13. The fourth-order valence-corrected chi connectivity index (χ4v) is 6.17. The van der Waals surface area contributed by atoms with Gasteiger partial charge in [0.25, 0.3) is 0 Å². The molecule has 0 amide bonds. The minimum Gasteiger partial charge on any atom is -0.461 e. The van der Waals surface area contributed by atoms with Gasteiger partial charge in [-0.25, -0.2) is 0 Å². The second-order valence-corrected chi connectivity index (χ2v) is 15.8. The van der Waals surface area contributed by atoms with Gasteiger partial charge in [-0.1, -0.05) is 223 Å². The highest BCUT2D eigenvalue weighted by molar-refractivity contribution is 5.71. The number of allylic oxidation sites excluding steroid dienone is 25. The normalized spacial score (nSPS) is 13.6. The summed E-state index contributed by atoms with van der Waals surface area (Å²) in [5, 5.41) is 9.59. The van der Waals surface area contributed by atoms with Crippen molar-refractivity contribution in [1.29, 1.82) is 0 Å². The van der Waals surface area contributed by atoms with Gasteiger partial charge < -0.3 is 14.6 Å². The van der Waals surface area contributed by atoms with Gasteiger partial charge in [0.05, 0.1) is 13.0 Å². The zero-order valence-electron chi connectivity index (χ0n) is 40.5. The van der Waals surface area contributed by atoms with Crippen molar-refractivity contribution >= 4 is 11.9 Å². The first kappa shape index (κ1) is 59.5. The van der Waals surface area contributed by atoms with Crippen molar-refractivity contribution in [2.75, 3.05) is 13.2 Å². The Balaban J connectivity index is 3.66. The molecule has 0 saturated carbocycles. The molecule has 0 aromatic rings. The lowest BCUT2D eigenvalue weighted by atomic mass is 10.0. The van der Waals surface area contributed by atoms with E-state index in [1.54, 1.807) is 6.08 Å². The van der Waals surface area contributed by atoms with Gasteiger partial charge in [-0.3, -0.25) is 9.59 Å². The predicted octanol–water partition coefficient (Wildman–Crippen LogP) is 16.8. The lowest BCUT2D eigenvalue weighted by molar-refractivity contribution is -0.161. The van der Waals surface area contributed by atoms with Crippen LogP contribution in [0, 0.1) is 0 Å². The van der Waals surface area contributed by atoms with Gasteiger partial charge in [-0.2, -0.15) is 0 Å². The Morgan fingerprint density at radius 2 is 0.672 bits per heavy atom. The van der Waals surface area contributed by atoms with Crippen LogP contribution in [0.3, 0.4) is 0 Å². The molecule has 0 aromatic carbocycles. The van der Waals surface area contributed by atoms with Crippen molar-refractivity contribution in [3.8, 4) is 0 Å². The molecule has 5 heteroatoms. The van der Waals surface area contributed by atoms with Crippen LogP contribution in [-0.4, -0.2) is 36.4 Å². The first-order valence-electron chi connectivity index (χ1n) is 25.0. The summed E-state index contributed by atoms with van der Waals surface area (Å²) < 4.78 is 10.5. The van der Waals surface area contributed by atoms with Crippen LogP contribution in [-0.2, 0) is 19.1 Å². The molecular formula is C59H90O5. The molecular weight excluding hydrogens is 789 g/mol. The lowest BCUT2D eigenvalue weighted by Crippen LogP contribution is -2.28. The van der Waals surface area contributed by atoms with E-state index >= 15 is 0 Å². The number of rotatable bonds is 43. The molecule has 0 radical (unpaired) electrons. The summed E-state index contributed by atoms with van der Waals surface area (Å²) in [5.74, 6) is -0.757. The fraction of sp³-hybridized carbons (Fsp3) is 0.525. The number of carbonyl (C=O) groups excluding carboxylic acids is 2. The molecule has 1 atom stereocenters. The van der Waals surface area contributed by atoms with Crippen LogP contribution < -0.4 is 0 Å². The zero-order valence-corrected chi connectivity index (χ0v) is 40.5. The summed E-state index contributed by atoms with van der Waals surface area (Å²) in [5.41, 5.74) is 0. The molecule has 1 unspecified atom stereocenters. The Bertz CT molecular complexity index is 1460. The average Bonchev–Trinajstić information content (AvgIpc) is 3.30. The molecule has 356 valence electrons. The monoisotopic (exact) mass is 879 g/mol. The van der Waals surface area contributed by atoms with Gasteiger partial charge >= 0.3 is 11.9 Å². The molecule has 0 aliphatic rings. The van der Waals surface area contributed by atoms with Gasteiger partial charge in [0.1, 0.15) is 6.61 Å². The van der Waals surface area contributed by atoms with E-state index in [0.29, 0.717) is 6.42 Å². The molecule has 0 rings (SSSR count). The van der Waals surface area contributed by atoms with Crippen LogP contribution >= 0.6 is 0 Å². The number of hydrogen-bond acceptors (Lipinski definition) is 5. The predicted molar refractivity (Wildman–Crippen MR) is 278 cm³/mol. The third-order valence-corrected chi connectivity index (χ3v) is 9.85. The molecule has 0 saturated heterocycles. The summed E-state index contributed by atoms with van der Waals surface area (Å²) in [6, 6.07) is 0. The van der Waals surface area contributed by atoms with Gasteiger partial charge in [-0.05, 0) is 103 Å². The molecule has 0 spiro atoms. The van der Waals surface area contributed by atoms with E-state index in [1.807, 2.05) is 6.08 Å². The molecule has 0 aliphatic carbocycles. The summed E-state index contributed by atoms with van der Waals surface area (Å²) in [4.78, 5) is 24.3. The number of esters is 2. The highest BCUT2D eigenvalue weighted by Gasteiger charge is 2.15. The quantitative estimate of drug-likeness (QED) is 0.0375. The molecule has 0 aromatic heterocycles. The van der Waals surface area contributed by atoms with Crippen molar-refractivity contribution in [3.05, 3.63) is 158 Å². The molecule has 0 aliphatic heterocycles. The Morgan fingerprint density at radius 1 is 0.375 bits per heavy atom. The standard InChI is InChI=1S/C59H90O5/c1-3-5-7-9-11-13-15-17-19-20-21-22-23-24-25-26-27-28-29-30-31-32-33-34-35-36-37-38-40-42-44-46-48-50-52-54-59(62)64-57(55-60)56-63-58(61)53-51-49-47-45-43-41-39-18-16-14-12-10-8-6-4-2/h5-8,11-14,17-19,21-22,24-25,27-28,30-31,33-34,39,43,45,49,51,57,60H,3-4,9-10,15-16,20,23,26,29,32,35-38,40-42,44,46-48,50,52-56H2,1-2H3/b7-5-,8-6-,13-11-,14-12-,19-17-,22-21-,25-24-,28-27-,31-30-,34-33-,39-18-,45-43-,51-49-. The summed E-state index contributed by atoms with van der Waals surface area (Å²) in [6.45, 7) is 3.80. The number of aliphatic hydroxyl groups is 1. The van der Waals surface area contributed by atoms with Gasteiger partial charge in [0, 0.05) is 6.42 Å². The second kappa shape index (κ2) is 52.9. The first-order valence-corrected chi connectivity index (χ1v) is 25.0. The Labute approximate surface area is 392 Å². The summed E-state index contributed by atoms with van der Waals surface area (Å²) in [7, 11) is 0. The summed E-state index contributed by atoms with van der Waals surface area (Å²) in [6.07, 6.45) is 82.2. The van der Waals surface area contributed by atoms with E-state index in [-0.39, 0.29) is 25.6 Å². The maximum Gasteiger partial charge on any atom is 0.309 e. The minimum absolute atomic E-state index is 0.132. The van der Waals surface area contributed by atoms with Crippen molar-refractivity contribution in [2.45, 2.75) is 187 Å². The first-order chi connectivity index (χ1) is 31.6. The maximum atomic E-state index is 12.2. The van der Waals surface area contributed by atoms with E-state index in [0.717, 1.165) is 103 Å². The van der Waals surface area contributed by atoms with Crippen LogP contribution in [0.15, 0.2) is 158 Å². The number of carbonyl (C=O) groups is 2. The molecule has 1 N–H and O–H groups in total. The van der Waals surface area contributed by atoms with E-state index in [4.69, 9.17) is 9.47 Å². The van der Waals surface area contributed by atoms with E-state index < -0.39 is 12.1 Å². The van der Waals surface area contributed by atoms with Crippen LogP contribution in [0.4, 0.5) is 0 Å². The minimum atomic E-state index is -0.826. The molecule has 0 fully saturated rings. The SMILES string of the molecule is CC/C=C\C/C=C\C/C=C\C/C=C\C/C=C\C/C=C\C/C=C\C/C=C\CCCCCCCCCCCCC(=O)OC(CO)COC(=O)C/C=C\C/C=C\C/C=C\C/C=C\C/C=C\CC. The van der Waals surface area contributed by atoms with Crippen LogP contribution in [0.5, 0.6) is 0 Å². The molecule has 5 nitrogen and oxygen atoms in total. The molecule has 64 heavy (non-hydrogen) atoms. The second-order valence-electron chi connectivity index (χ2n) is 15.8. The topological polar surface area (TPSA) is 72.8 Å². The maximum absolute atomic E-state index is 12.2. The Hall–Kier alpha value is -4.48. The smallest absolute Gasteiger partial charge is 0.309 e. The van der Waals surface area contributed by atoms with Crippen molar-refractivity contribution in [3.63, 3.8) is 0 Å². The zero-order chi connectivity index (χ0) is 46.3. The van der Waals surface area contributed by atoms with E-state index in [1.165, 1.54) is 51.4 Å². The van der Waals surface area contributed by atoms with Crippen molar-refractivity contribution < 1.29 is 24.2 Å². The van der Waals surface area contributed by atoms with Crippen molar-refractivity contribution in [2.24, 2.45) is 0 Å². The number of hydrogen-bond donors (Lipinski definition) is 1. The van der Waals surface area contributed by atoms with Crippen molar-refractivity contribution in [1.82, 2.24) is 0 Å². The largest absolute Gasteiger partial charge is 0.461 e. The number of unbranched alkanes of at least 4 members (excludes halogenated alkanes) is 10. The fourth-order valence-electron chi connectivity index (χ4n) is 6.17. The Kier molecular flexibility index (Phi) is 49.2.